The lowest BCUT2D eigenvalue weighted by molar-refractivity contribution is 0.957. The van der Waals surface area contributed by atoms with Crippen LogP contribution in [0, 0.1) is 6.92 Å². The van der Waals surface area contributed by atoms with E-state index in [1.807, 2.05) is 11.8 Å². The molecule has 0 atom stereocenters. The Morgan fingerprint density at radius 2 is 1.74 bits per heavy atom. The van der Waals surface area contributed by atoms with Crippen LogP contribution < -0.4 is 0 Å². The number of hydrogen-bond donors (Lipinski definition) is 0. The molecule has 1 nitrogen and oxygen atoms in total. The molecule has 0 bridgehead atoms. The third kappa shape index (κ3) is 2.54. The Balaban J connectivity index is 1.84. The van der Waals surface area contributed by atoms with Gasteiger partial charge in [-0.3, -0.25) is 0 Å². The summed E-state index contributed by atoms with van der Waals surface area (Å²) in [5, 5.41) is 1.35. The molecular formula is C17H17NS. The Labute approximate surface area is 118 Å². The first-order valence-electron chi connectivity index (χ1n) is 6.46. The average Bonchev–Trinajstić information content (AvgIpc) is 2.76. The number of aromatic nitrogens is 1. The molecule has 2 heteroatoms. The molecule has 96 valence electrons. The van der Waals surface area contributed by atoms with Crippen LogP contribution in [0.5, 0.6) is 0 Å². The number of rotatable bonds is 3. The summed E-state index contributed by atoms with van der Waals surface area (Å²) in [6.45, 7) is 2.13. The van der Waals surface area contributed by atoms with Gasteiger partial charge in [0, 0.05) is 34.8 Å². The van der Waals surface area contributed by atoms with Gasteiger partial charge in [0.2, 0.25) is 0 Å². The zero-order chi connectivity index (χ0) is 13.2. The van der Waals surface area contributed by atoms with Crippen LogP contribution in [-0.2, 0) is 12.8 Å². The predicted molar refractivity (Wildman–Crippen MR) is 83.7 cm³/mol. The summed E-state index contributed by atoms with van der Waals surface area (Å²) in [7, 11) is 2.11. The van der Waals surface area contributed by atoms with E-state index in [0.29, 0.717) is 0 Å². The molecule has 0 aliphatic heterocycles. The van der Waals surface area contributed by atoms with Crippen LogP contribution in [0.15, 0.2) is 59.6 Å². The lowest BCUT2D eigenvalue weighted by Crippen LogP contribution is -1.82. The summed E-state index contributed by atoms with van der Waals surface area (Å²) >= 11 is 1.91. The van der Waals surface area contributed by atoms with Crippen LogP contribution >= 0.6 is 11.8 Å². The summed E-state index contributed by atoms with van der Waals surface area (Å²) in [6, 6.07) is 17.4. The second kappa shape index (κ2) is 5.14. The van der Waals surface area contributed by atoms with Gasteiger partial charge in [-0.1, -0.05) is 48.0 Å². The molecule has 0 spiro atoms. The molecule has 0 saturated carbocycles. The van der Waals surface area contributed by atoms with E-state index in [0.717, 1.165) is 5.75 Å². The number of fused-ring (bicyclic) bond motifs is 1. The SMILES string of the molecule is Cc1ccc(CSc2cn(C)c3ccccc23)cc1. The van der Waals surface area contributed by atoms with Crippen molar-refractivity contribution in [3.63, 3.8) is 0 Å². The van der Waals surface area contributed by atoms with Crippen LogP contribution in [0.2, 0.25) is 0 Å². The highest BCUT2D eigenvalue weighted by atomic mass is 32.2. The topological polar surface area (TPSA) is 4.93 Å². The second-order valence-corrected chi connectivity index (χ2v) is 5.91. The molecular weight excluding hydrogens is 250 g/mol. The van der Waals surface area contributed by atoms with Crippen molar-refractivity contribution in [3.05, 3.63) is 65.9 Å². The Kier molecular flexibility index (Phi) is 3.34. The number of thioether (sulfide) groups is 1. The zero-order valence-corrected chi connectivity index (χ0v) is 12.1. The Hall–Kier alpha value is -1.67. The van der Waals surface area contributed by atoms with E-state index in [-0.39, 0.29) is 0 Å². The molecule has 0 aliphatic carbocycles. The summed E-state index contributed by atoms with van der Waals surface area (Å²) in [5.74, 6) is 1.02. The summed E-state index contributed by atoms with van der Waals surface area (Å²) in [5.41, 5.74) is 4.00. The first kappa shape index (κ1) is 12.4. The molecule has 0 radical (unpaired) electrons. The van der Waals surface area contributed by atoms with Crippen molar-refractivity contribution in [1.82, 2.24) is 4.57 Å². The van der Waals surface area contributed by atoms with Crippen LogP contribution in [0.4, 0.5) is 0 Å². The maximum Gasteiger partial charge on any atom is 0.0489 e. The second-order valence-electron chi connectivity index (χ2n) is 4.90. The van der Waals surface area contributed by atoms with Crippen molar-refractivity contribution < 1.29 is 0 Å². The molecule has 0 aliphatic rings. The van der Waals surface area contributed by atoms with Crippen molar-refractivity contribution in [1.29, 1.82) is 0 Å². The normalized spacial score (nSPS) is 11.1. The van der Waals surface area contributed by atoms with E-state index in [2.05, 4.69) is 73.3 Å². The minimum absolute atomic E-state index is 1.02. The van der Waals surface area contributed by atoms with Gasteiger partial charge in [0.25, 0.3) is 0 Å². The lowest BCUT2D eigenvalue weighted by Gasteiger charge is -2.01. The minimum atomic E-state index is 1.02. The van der Waals surface area contributed by atoms with Crippen LogP contribution in [0.25, 0.3) is 10.9 Å². The molecule has 0 fully saturated rings. The molecule has 0 N–H and O–H groups in total. The van der Waals surface area contributed by atoms with E-state index in [1.165, 1.54) is 26.9 Å². The van der Waals surface area contributed by atoms with Gasteiger partial charge in [-0.15, -0.1) is 11.8 Å². The molecule has 2 aromatic carbocycles. The quantitative estimate of drug-likeness (QED) is 0.618. The minimum Gasteiger partial charge on any atom is -0.349 e. The van der Waals surface area contributed by atoms with E-state index in [9.17, 15) is 0 Å². The van der Waals surface area contributed by atoms with Crippen molar-refractivity contribution in [2.75, 3.05) is 0 Å². The molecule has 3 rings (SSSR count). The van der Waals surface area contributed by atoms with Crippen LogP contribution in [0.3, 0.4) is 0 Å². The molecule has 0 amide bonds. The maximum atomic E-state index is 2.23. The number of aryl methyl sites for hydroxylation is 2. The van der Waals surface area contributed by atoms with Crippen LogP contribution in [0.1, 0.15) is 11.1 Å². The highest BCUT2D eigenvalue weighted by Crippen LogP contribution is 2.31. The maximum absolute atomic E-state index is 2.23. The zero-order valence-electron chi connectivity index (χ0n) is 11.3. The van der Waals surface area contributed by atoms with E-state index >= 15 is 0 Å². The van der Waals surface area contributed by atoms with Gasteiger partial charge >= 0.3 is 0 Å². The van der Waals surface area contributed by atoms with Crippen molar-refractivity contribution >= 4 is 22.7 Å². The third-order valence-electron chi connectivity index (χ3n) is 3.38. The van der Waals surface area contributed by atoms with E-state index < -0.39 is 0 Å². The van der Waals surface area contributed by atoms with Gasteiger partial charge in [0.1, 0.15) is 0 Å². The summed E-state index contributed by atoms with van der Waals surface area (Å²) in [4.78, 5) is 1.36. The smallest absolute Gasteiger partial charge is 0.0489 e. The van der Waals surface area contributed by atoms with Gasteiger partial charge in [0.05, 0.1) is 0 Å². The van der Waals surface area contributed by atoms with E-state index in [4.69, 9.17) is 0 Å². The number of nitrogens with zero attached hydrogens (tertiary/aromatic N) is 1. The predicted octanol–water partition coefficient (Wildman–Crippen LogP) is 4.78. The number of hydrogen-bond acceptors (Lipinski definition) is 1. The van der Waals surface area contributed by atoms with Crippen molar-refractivity contribution in [2.24, 2.45) is 7.05 Å². The lowest BCUT2D eigenvalue weighted by atomic mass is 10.2. The molecule has 1 heterocycles. The number of benzene rings is 2. The van der Waals surface area contributed by atoms with Gasteiger partial charge in [0.15, 0.2) is 0 Å². The molecule has 0 unspecified atom stereocenters. The van der Waals surface area contributed by atoms with Crippen LogP contribution in [-0.4, -0.2) is 4.57 Å². The summed E-state index contributed by atoms with van der Waals surface area (Å²) in [6.07, 6.45) is 2.23. The fourth-order valence-electron chi connectivity index (χ4n) is 2.26. The van der Waals surface area contributed by atoms with Gasteiger partial charge in [-0.05, 0) is 18.6 Å². The Morgan fingerprint density at radius 3 is 2.53 bits per heavy atom. The number of para-hydroxylation sites is 1. The Bertz CT molecular complexity index is 695. The standard InChI is InChI=1S/C17H17NS/c1-13-7-9-14(10-8-13)12-19-17-11-18(2)16-6-4-3-5-15(16)17/h3-11H,12H2,1-2H3. The van der Waals surface area contributed by atoms with E-state index in [1.54, 1.807) is 0 Å². The molecule has 1 aromatic heterocycles. The monoisotopic (exact) mass is 267 g/mol. The molecule has 0 saturated heterocycles. The fraction of sp³-hybridized carbons (Fsp3) is 0.176. The largest absolute Gasteiger partial charge is 0.349 e. The van der Waals surface area contributed by atoms with Gasteiger partial charge in [-0.25, -0.2) is 0 Å². The van der Waals surface area contributed by atoms with Crippen molar-refractivity contribution in [2.45, 2.75) is 17.6 Å². The highest BCUT2D eigenvalue weighted by Gasteiger charge is 2.06. The molecule has 3 aromatic rings. The van der Waals surface area contributed by atoms with Crippen molar-refractivity contribution in [3.8, 4) is 0 Å². The summed E-state index contributed by atoms with van der Waals surface area (Å²) < 4.78 is 2.20. The first-order valence-corrected chi connectivity index (χ1v) is 7.45. The first-order chi connectivity index (χ1) is 9.24. The third-order valence-corrected chi connectivity index (χ3v) is 4.49. The highest BCUT2D eigenvalue weighted by molar-refractivity contribution is 7.98. The van der Waals surface area contributed by atoms with Gasteiger partial charge < -0.3 is 4.57 Å². The average molecular weight is 267 g/mol. The van der Waals surface area contributed by atoms with Gasteiger partial charge in [-0.2, -0.15) is 0 Å². The fourth-order valence-corrected chi connectivity index (χ4v) is 3.34. The molecule has 19 heavy (non-hydrogen) atoms. The Morgan fingerprint density at radius 1 is 1.00 bits per heavy atom.